The number of thiophene rings is 1. The SMILES string of the molecule is C=N/C(=N\C=C(/C)c1ccc(OCCCCCCC)cc1)c1ccc(C[C@H](NC(=O)c2ccc(C(C)(C)C)s2)C(=O)NC2(C(=O)O)CC2)cc1. The summed E-state index contributed by atoms with van der Waals surface area (Å²) >= 11 is 1.38. The number of allylic oxidation sites excluding steroid dienone is 1. The Bertz CT molecular complexity index is 1700. The molecule has 1 aliphatic carbocycles. The Hall–Kier alpha value is -4.57. The van der Waals surface area contributed by atoms with Gasteiger partial charge in [0, 0.05) is 23.1 Å². The van der Waals surface area contributed by atoms with Crippen LogP contribution in [-0.4, -0.2) is 53.6 Å². The Kier molecular flexibility index (Phi) is 13.3. The maximum absolute atomic E-state index is 13.4. The number of amides is 2. The minimum Gasteiger partial charge on any atom is -0.494 e. The van der Waals surface area contributed by atoms with Crippen molar-refractivity contribution in [3.05, 3.63) is 93.3 Å². The minimum absolute atomic E-state index is 0.119. The van der Waals surface area contributed by atoms with Gasteiger partial charge < -0.3 is 20.5 Å². The number of rotatable bonds is 17. The fraction of sp³-hybridized carbons (Fsp3) is 0.425. The maximum atomic E-state index is 13.4. The number of amidine groups is 1. The third-order valence-corrected chi connectivity index (χ3v) is 10.2. The predicted molar refractivity (Wildman–Crippen MR) is 203 cm³/mol. The first-order valence-electron chi connectivity index (χ1n) is 17.4. The molecule has 2 amide bonds. The summed E-state index contributed by atoms with van der Waals surface area (Å²) in [7, 11) is 0. The number of carboxylic acid groups (broad SMARTS) is 1. The summed E-state index contributed by atoms with van der Waals surface area (Å²) in [6.45, 7) is 14.8. The van der Waals surface area contributed by atoms with E-state index >= 15 is 0 Å². The van der Waals surface area contributed by atoms with Crippen molar-refractivity contribution in [1.29, 1.82) is 0 Å². The molecular formula is C40H50N4O5S. The summed E-state index contributed by atoms with van der Waals surface area (Å²) in [4.78, 5) is 48.7. The molecule has 0 unspecified atom stereocenters. The van der Waals surface area contributed by atoms with Crippen LogP contribution in [0.4, 0.5) is 0 Å². The lowest BCUT2D eigenvalue weighted by Gasteiger charge is -2.21. The topological polar surface area (TPSA) is 129 Å². The number of unbranched alkanes of at least 4 members (excludes halogenated alkanes) is 4. The number of hydrogen-bond acceptors (Lipinski definition) is 6. The zero-order chi connectivity index (χ0) is 36.3. The van der Waals surface area contributed by atoms with Crippen LogP contribution < -0.4 is 15.4 Å². The van der Waals surface area contributed by atoms with Crippen molar-refractivity contribution < 1.29 is 24.2 Å². The molecule has 4 rings (SSSR count). The van der Waals surface area contributed by atoms with Crippen LogP contribution >= 0.6 is 11.3 Å². The van der Waals surface area contributed by atoms with Crippen LogP contribution in [0.2, 0.25) is 0 Å². The zero-order valence-corrected chi connectivity index (χ0v) is 30.7. The van der Waals surface area contributed by atoms with Gasteiger partial charge in [-0.15, -0.1) is 11.3 Å². The lowest BCUT2D eigenvalue weighted by molar-refractivity contribution is -0.143. The fourth-order valence-electron chi connectivity index (χ4n) is 5.32. The third kappa shape index (κ3) is 10.7. The average Bonchev–Trinajstić information content (AvgIpc) is 3.69. The lowest BCUT2D eigenvalue weighted by Crippen LogP contribution is -2.53. The molecule has 1 aromatic heterocycles. The lowest BCUT2D eigenvalue weighted by atomic mass is 9.95. The van der Waals surface area contributed by atoms with Crippen molar-refractivity contribution in [3.63, 3.8) is 0 Å². The highest BCUT2D eigenvalue weighted by Crippen LogP contribution is 2.36. The van der Waals surface area contributed by atoms with E-state index in [0.717, 1.165) is 45.9 Å². The van der Waals surface area contributed by atoms with Gasteiger partial charge >= 0.3 is 5.97 Å². The number of carbonyl (C=O) groups excluding carboxylic acids is 2. The van der Waals surface area contributed by atoms with Gasteiger partial charge in [0.25, 0.3) is 5.91 Å². The predicted octanol–water partition coefficient (Wildman–Crippen LogP) is 7.98. The van der Waals surface area contributed by atoms with Gasteiger partial charge in [-0.3, -0.25) is 9.59 Å². The summed E-state index contributed by atoms with van der Waals surface area (Å²) in [5, 5.41) is 15.2. The Labute approximate surface area is 300 Å². The molecule has 1 heterocycles. The van der Waals surface area contributed by atoms with Crippen molar-refractivity contribution in [2.45, 2.75) is 103 Å². The van der Waals surface area contributed by atoms with Gasteiger partial charge in [-0.05, 0) is 79.3 Å². The van der Waals surface area contributed by atoms with E-state index < -0.39 is 23.5 Å². The van der Waals surface area contributed by atoms with Gasteiger partial charge in [0.15, 0.2) is 5.84 Å². The molecule has 3 aromatic rings. The molecule has 0 bridgehead atoms. The van der Waals surface area contributed by atoms with Crippen molar-refractivity contribution >= 4 is 47.2 Å². The van der Waals surface area contributed by atoms with Gasteiger partial charge in [0.05, 0.1) is 11.5 Å². The smallest absolute Gasteiger partial charge is 0.329 e. The largest absolute Gasteiger partial charge is 0.494 e. The van der Waals surface area contributed by atoms with Crippen LogP contribution in [0, 0.1) is 0 Å². The monoisotopic (exact) mass is 698 g/mol. The molecule has 9 nitrogen and oxygen atoms in total. The molecule has 0 radical (unpaired) electrons. The molecule has 10 heteroatoms. The number of aliphatic carboxylic acids is 1. The van der Waals surface area contributed by atoms with E-state index in [4.69, 9.17) is 4.74 Å². The van der Waals surface area contributed by atoms with Crippen LogP contribution in [0.25, 0.3) is 5.57 Å². The molecule has 0 saturated heterocycles. The van der Waals surface area contributed by atoms with Crippen molar-refractivity contribution in [1.82, 2.24) is 10.6 Å². The Morgan fingerprint density at radius 1 is 0.980 bits per heavy atom. The quantitative estimate of drug-likeness (QED) is 0.0748. The summed E-state index contributed by atoms with van der Waals surface area (Å²) < 4.78 is 5.89. The number of carbonyl (C=O) groups is 3. The third-order valence-electron chi connectivity index (χ3n) is 8.72. The first-order chi connectivity index (χ1) is 23.8. The molecule has 3 N–H and O–H groups in total. The number of carboxylic acids is 1. The first-order valence-corrected chi connectivity index (χ1v) is 18.2. The highest BCUT2D eigenvalue weighted by atomic mass is 32.1. The van der Waals surface area contributed by atoms with Gasteiger partial charge in [0.1, 0.15) is 17.3 Å². The van der Waals surface area contributed by atoms with E-state index in [0.29, 0.717) is 23.6 Å². The van der Waals surface area contributed by atoms with Crippen LogP contribution in [0.3, 0.4) is 0 Å². The number of nitrogens with zero attached hydrogens (tertiary/aromatic N) is 2. The van der Waals surface area contributed by atoms with E-state index in [1.54, 1.807) is 12.3 Å². The van der Waals surface area contributed by atoms with Crippen molar-refractivity contribution in [2.24, 2.45) is 9.98 Å². The summed E-state index contributed by atoms with van der Waals surface area (Å²) in [6.07, 6.45) is 8.62. The zero-order valence-electron chi connectivity index (χ0n) is 29.9. The summed E-state index contributed by atoms with van der Waals surface area (Å²) in [5.74, 6) is -0.701. The van der Waals surface area contributed by atoms with Crippen LogP contribution in [-0.2, 0) is 21.4 Å². The molecule has 2 aromatic carbocycles. The number of ether oxygens (including phenoxy) is 1. The van der Waals surface area contributed by atoms with Crippen LogP contribution in [0.1, 0.15) is 111 Å². The van der Waals surface area contributed by atoms with Gasteiger partial charge in [-0.2, -0.15) is 0 Å². The van der Waals surface area contributed by atoms with Crippen molar-refractivity contribution in [3.8, 4) is 5.75 Å². The molecular weight excluding hydrogens is 649 g/mol. The molecule has 1 atom stereocenters. The van der Waals surface area contributed by atoms with E-state index in [2.05, 4.69) is 55.0 Å². The molecule has 1 saturated carbocycles. The number of nitrogens with one attached hydrogen (secondary N) is 2. The first kappa shape index (κ1) is 38.2. The van der Waals surface area contributed by atoms with E-state index in [9.17, 15) is 19.5 Å². The molecule has 1 fully saturated rings. The second-order valence-corrected chi connectivity index (χ2v) is 15.0. The fourth-order valence-corrected chi connectivity index (χ4v) is 6.28. The van der Waals surface area contributed by atoms with Gasteiger partial charge in [-0.25, -0.2) is 14.8 Å². The molecule has 0 spiro atoms. The molecule has 266 valence electrons. The Morgan fingerprint density at radius 3 is 2.22 bits per heavy atom. The second-order valence-electron chi connectivity index (χ2n) is 13.9. The Morgan fingerprint density at radius 2 is 1.64 bits per heavy atom. The van der Waals surface area contributed by atoms with Crippen LogP contribution in [0.15, 0.2) is 76.8 Å². The standard InChI is InChI=1S/C40H50N4O5S/c1-7-8-9-10-11-24-49-31-18-16-29(17-19-31)27(2)26-42-35(41-6)30-14-12-28(13-15-30)25-32(36(45)44-40(22-23-40)38(47)48)43-37(46)33-20-21-34(50-33)39(3,4)5/h12-21,26,32H,6-11,22-25H2,1-5H3,(H,43,46)(H,44,45)(H,47,48)/b27-26+,42-35-/t32-/m0/s1. The van der Waals surface area contributed by atoms with E-state index in [1.807, 2.05) is 61.5 Å². The maximum Gasteiger partial charge on any atom is 0.329 e. The van der Waals surface area contributed by atoms with Gasteiger partial charge in [-0.1, -0.05) is 89.8 Å². The number of benzene rings is 2. The van der Waals surface area contributed by atoms with E-state index in [1.165, 1.54) is 37.0 Å². The van der Waals surface area contributed by atoms with Crippen molar-refractivity contribution in [2.75, 3.05) is 6.61 Å². The minimum atomic E-state index is -1.28. The number of aliphatic imine (C=N–C) groups is 2. The highest BCUT2D eigenvalue weighted by molar-refractivity contribution is 7.14. The Balaban J connectivity index is 1.43. The normalized spacial score (nSPS) is 14.8. The summed E-state index contributed by atoms with van der Waals surface area (Å²) in [5.41, 5.74) is 2.08. The average molecular weight is 699 g/mol. The molecule has 1 aliphatic rings. The molecule has 0 aliphatic heterocycles. The second kappa shape index (κ2) is 17.4. The van der Waals surface area contributed by atoms with Crippen LogP contribution in [0.5, 0.6) is 5.75 Å². The van der Waals surface area contributed by atoms with E-state index in [-0.39, 0.29) is 17.7 Å². The number of hydrogen-bond donors (Lipinski definition) is 3. The highest BCUT2D eigenvalue weighted by Gasteiger charge is 2.52. The molecule has 50 heavy (non-hydrogen) atoms. The van der Waals surface area contributed by atoms with Gasteiger partial charge in [0.2, 0.25) is 5.91 Å². The summed E-state index contributed by atoms with van der Waals surface area (Å²) in [6, 6.07) is 18.0.